The predicted molar refractivity (Wildman–Crippen MR) is 84.6 cm³/mol. The number of hydrogen-bond donors (Lipinski definition) is 0. The van der Waals surface area contributed by atoms with Gasteiger partial charge in [0.05, 0.1) is 5.76 Å². The van der Waals surface area contributed by atoms with Crippen molar-refractivity contribution in [3.63, 3.8) is 0 Å². The molecule has 0 bridgehead atoms. The van der Waals surface area contributed by atoms with Gasteiger partial charge in [-0.1, -0.05) is 37.3 Å². The first kappa shape index (κ1) is 14.4. The molecule has 0 fully saturated rings. The van der Waals surface area contributed by atoms with Crippen molar-refractivity contribution in [3.8, 4) is 0 Å². The van der Waals surface area contributed by atoms with Gasteiger partial charge in [-0.25, -0.2) is 0 Å². The van der Waals surface area contributed by atoms with Crippen LogP contribution in [0.4, 0.5) is 0 Å². The van der Waals surface area contributed by atoms with Crippen LogP contribution in [0.1, 0.15) is 32.3 Å². The highest BCUT2D eigenvalue weighted by Crippen LogP contribution is 2.45. The summed E-state index contributed by atoms with van der Waals surface area (Å²) in [6.07, 6.45) is 3.45. The fraction of sp³-hybridized carbons (Fsp3) is 0.529. The van der Waals surface area contributed by atoms with Crippen molar-refractivity contribution in [3.05, 3.63) is 47.2 Å². The molecule has 104 valence electrons. The summed E-state index contributed by atoms with van der Waals surface area (Å²) in [5, 5.41) is 0. The monoisotopic (exact) mass is 274 g/mol. The molecule has 0 amide bonds. The van der Waals surface area contributed by atoms with E-state index in [0.717, 1.165) is 12.8 Å². The van der Waals surface area contributed by atoms with Gasteiger partial charge < -0.3 is 4.43 Å². The Balaban J connectivity index is 2.17. The zero-order valence-corrected chi connectivity index (χ0v) is 13.9. The molecule has 0 aliphatic heterocycles. The summed E-state index contributed by atoms with van der Waals surface area (Å²) in [5.74, 6) is 1.28. The average molecular weight is 274 g/mol. The lowest BCUT2D eigenvalue weighted by molar-refractivity contribution is 0.389. The SMILES string of the molecule is CC1=C(O[Si](C)(C)C)CCC1(C)Cc1ccccc1. The maximum atomic E-state index is 6.26. The van der Waals surface area contributed by atoms with E-state index >= 15 is 0 Å². The second-order valence-electron chi connectivity index (χ2n) is 6.99. The van der Waals surface area contributed by atoms with E-state index in [1.54, 1.807) is 0 Å². The van der Waals surface area contributed by atoms with E-state index in [1.165, 1.54) is 23.3 Å². The lowest BCUT2D eigenvalue weighted by Gasteiger charge is -2.27. The maximum Gasteiger partial charge on any atom is 0.241 e. The highest BCUT2D eigenvalue weighted by Gasteiger charge is 2.36. The van der Waals surface area contributed by atoms with Crippen molar-refractivity contribution < 1.29 is 4.43 Å². The highest BCUT2D eigenvalue weighted by atomic mass is 28.4. The molecule has 1 nitrogen and oxygen atoms in total. The molecule has 1 aliphatic carbocycles. The topological polar surface area (TPSA) is 9.23 Å². The average Bonchev–Trinajstić information content (AvgIpc) is 2.57. The zero-order valence-electron chi connectivity index (χ0n) is 12.9. The molecular formula is C17H26OSi. The molecular weight excluding hydrogens is 248 g/mol. The molecule has 1 aromatic carbocycles. The van der Waals surface area contributed by atoms with Gasteiger partial charge in [-0.05, 0) is 56.0 Å². The smallest absolute Gasteiger partial charge is 0.241 e. The van der Waals surface area contributed by atoms with Crippen LogP contribution in [-0.4, -0.2) is 8.32 Å². The highest BCUT2D eigenvalue weighted by molar-refractivity contribution is 6.70. The van der Waals surface area contributed by atoms with Gasteiger partial charge in [-0.2, -0.15) is 0 Å². The van der Waals surface area contributed by atoms with Gasteiger partial charge in [0, 0.05) is 6.42 Å². The molecule has 0 spiro atoms. The van der Waals surface area contributed by atoms with E-state index in [9.17, 15) is 0 Å². The van der Waals surface area contributed by atoms with Crippen LogP contribution in [0.2, 0.25) is 19.6 Å². The lowest BCUT2D eigenvalue weighted by Crippen LogP contribution is -2.25. The van der Waals surface area contributed by atoms with E-state index in [1.807, 2.05) is 0 Å². The molecule has 0 saturated heterocycles. The van der Waals surface area contributed by atoms with Gasteiger partial charge in [-0.3, -0.25) is 0 Å². The standard InChI is InChI=1S/C17H26OSi/c1-14-16(18-19(3,4)5)11-12-17(14,2)13-15-9-7-6-8-10-15/h6-10H,11-13H2,1-5H3. The van der Waals surface area contributed by atoms with Crippen LogP contribution in [0, 0.1) is 5.41 Å². The normalized spacial score (nSPS) is 23.8. The Morgan fingerprint density at radius 2 is 1.79 bits per heavy atom. The molecule has 0 heterocycles. The first-order valence-corrected chi connectivity index (χ1v) is 10.6. The second-order valence-corrected chi connectivity index (χ2v) is 11.4. The summed E-state index contributed by atoms with van der Waals surface area (Å²) >= 11 is 0. The molecule has 19 heavy (non-hydrogen) atoms. The summed E-state index contributed by atoms with van der Waals surface area (Å²) in [4.78, 5) is 0. The molecule has 2 rings (SSSR count). The van der Waals surface area contributed by atoms with Crippen LogP contribution < -0.4 is 0 Å². The van der Waals surface area contributed by atoms with Crippen LogP contribution in [0.3, 0.4) is 0 Å². The molecule has 1 aromatic rings. The largest absolute Gasteiger partial charge is 0.547 e. The van der Waals surface area contributed by atoms with Crippen molar-refractivity contribution >= 4 is 8.32 Å². The quantitative estimate of drug-likeness (QED) is 0.690. The molecule has 0 N–H and O–H groups in total. The van der Waals surface area contributed by atoms with Crippen molar-refractivity contribution in [2.75, 3.05) is 0 Å². The van der Waals surface area contributed by atoms with Gasteiger partial charge in [-0.15, -0.1) is 0 Å². The van der Waals surface area contributed by atoms with Crippen molar-refractivity contribution in [1.82, 2.24) is 0 Å². The van der Waals surface area contributed by atoms with Gasteiger partial charge in [0.25, 0.3) is 0 Å². The van der Waals surface area contributed by atoms with E-state index < -0.39 is 8.32 Å². The summed E-state index contributed by atoms with van der Waals surface area (Å²) in [5.41, 5.74) is 3.17. The number of rotatable bonds is 4. The van der Waals surface area contributed by atoms with Crippen LogP contribution in [0.5, 0.6) is 0 Å². The zero-order chi connectivity index (χ0) is 14.1. The molecule has 0 aromatic heterocycles. The van der Waals surface area contributed by atoms with Crippen molar-refractivity contribution in [1.29, 1.82) is 0 Å². The Bertz CT molecular complexity index is 470. The third-order valence-corrected chi connectivity index (χ3v) is 4.95. The maximum absolute atomic E-state index is 6.26. The fourth-order valence-electron chi connectivity index (χ4n) is 2.87. The summed E-state index contributed by atoms with van der Waals surface area (Å²) in [6.45, 7) is 11.4. The summed E-state index contributed by atoms with van der Waals surface area (Å²) < 4.78 is 6.26. The number of allylic oxidation sites excluding steroid dienone is 2. The van der Waals surface area contributed by atoms with E-state index in [0.29, 0.717) is 0 Å². The third-order valence-electron chi connectivity index (χ3n) is 4.09. The molecule has 1 atom stereocenters. The summed E-state index contributed by atoms with van der Waals surface area (Å²) in [7, 11) is -1.48. The predicted octanol–water partition coefficient (Wildman–Crippen LogP) is 5.15. The van der Waals surface area contributed by atoms with Crippen LogP contribution in [-0.2, 0) is 10.8 Å². The molecule has 2 heteroatoms. The van der Waals surface area contributed by atoms with E-state index in [4.69, 9.17) is 4.43 Å². The Morgan fingerprint density at radius 1 is 1.16 bits per heavy atom. The Morgan fingerprint density at radius 3 is 2.37 bits per heavy atom. The Kier molecular flexibility index (Phi) is 3.91. The molecule has 0 saturated carbocycles. The Labute approximate surface area is 118 Å². The minimum Gasteiger partial charge on any atom is -0.547 e. The first-order valence-electron chi connectivity index (χ1n) is 7.23. The van der Waals surface area contributed by atoms with Crippen LogP contribution >= 0.6 is 0 Å². The van der Waals surface area contributed by atoms with Gasteiger partial charge in [0.2, 0.25) is 8.32 Å². The van der Waals surface area contributed by atoms with Gasteiger partial charge >= 0.3 is 0 Å². The number of hydrogen-bond acceptors (Lipinski definition) is 1. The van der Waals surface area contributed by atoms with Crippen molar-refractivity contribution in [2.24, 2.45) is 5.41 Å². The minimum atomic E-state index is -1.48. The van der Waals surface area contributed by atoms with Gasteiger partial charge in [0.15, 0.2) is 0 Å². The molecule has 1 aliphatic rings. The van der Waals surface area contributed by atoms with E-state index in [-0.39, 0.29) is 5.41 Å². The second kappa shape index (κ2) is 5.16. The lowest BCUT2D eigenvalue weighted by atomic mass is 9.78. The summed E-state index contributed by atoms with van der Waals surface area (Å²) in [6, 6.07) is 10.8. The minimum absolute atomic E-state index is 0.274. The molecule has 1 unspecified atom stereocenters. The molecule has 0 radical (unpaired) electrons. The number of benzene rings is 1. The third kappa shape index (κ3) is 3.50. The Hall–Kier alpha value is -1.02. The van der Waals surface area contributed by atoms with E-state index in [2.05, 4.69) is 63.8 Å². The fourth-order valence-corrected chi connectivity index (χ4v) is 3.86. The van der Waals surface area contributed by atoms with Crippen LogP contribution in [0.25, 0.3) is 0 Å². The first-order chi connectivity index (χ1) is 8.80. The van der Waals surface area contributed by atoms with Gasteiger partial charge in [0.1, 0.15) is 0 Å². The van der Waals surface area contributed by atoms with Crippen molar-refractivity contribution in [2.45, 2.75) is 52.8 Å². The van der Waals surface area contributed by atoms with Crippen LogP contribution in [0.15, 0.2) is 41.7 Å².